The first-order valence-corrected chi connectivity index (χ1v) is 13.3. The lowest BCUT2D eigenvalue weighted by molar-refractivity contribution is -0.274. The van der Waals surface area contributed by atoms with Crippen LogP contribution in [0.4, 0.5) is 13.2 Å². The van der Waals surface area contributed by atoms with Gasteiger partial charge in [0.05, 0.1) is 16.0 Å². The monoisotopic (exact) mass is 551 g/mol. The van der Waals surface area contributed by atoms with E-state index in [4.69, 9.17) is 26.3 Å². The number of aryl methyl sites for hydroxylation is 2. The molecular formula is C27H25ClF3NO4S. The highest BCUT2D eigenvalue weighted by atomic mass is 35.5. The van der Waals surface area contributed by atoms with Crippen LogP contribution in [0.2, 0.25) is 5.02 Å². The second-order valence-corrected chi connectivity index (χ2v) is 10.6. The molecule has 37 heavy (non-hydrogen) atoms. The summed E-state index contributed by atoms with van der Waals surface area (Å²) < 4.78 is 67.3. The van der Waals surface area contributed by atoms with Crippen LogP contribution in [-0.2, 0) is 32.8 Å². The Bertz CT molecular complexity index is 1260. The summed E-state index contributed by atoms with van der Waals surface area (Å²) in [5, 5.41) is -0.334. The number of hydrogen-bond acceptors (Lipinski definition) is 5. The number of benzene rings is 3. The van der Waals surface area contributed by atoms with Gasteiger partial charge >= 0.3 is 6.36 Å². The SMILES string of the molecule is NC1CCOC(C2c3ccccc3CCc3ccccc32)C1OS(=O)c1ccc(OC(F)(F)F)c(Cl)c1. The Morgan fingerprint density at radius 3 is 2.19 bits per heavy atom. The van der Waals surface area contributed by atoms with Crippen molar-refractivity contribution >= 4 is 22.7 Å². The largest absolute Gasteiger partial charge is 0.573 e. The van der Waals surface area contributed by atoms with Crippen LogP contribution in [0, 0.1) is 0 Å². The molecule has 5 nitrogen and oxygen atoms in total. The fourth-order valence-electron chi connectivity index (χ4n) is 5.13. The van der Waals surface area contributed by atoms with Crippen LogP contribution in [0.25, 0.3) is 0 Å². The molecule has 3 aromatic rings. The summed E-state index contributed by atoms with van der Waals surface area (Å²) in [5.74, 6) is -0.786. The van der Waals surface area contributed by atoms with E-state index in [1.807, 2.05) is 24.3 Å². The summed E-state index contributed by atoms with van der Waals surface area (Å²) in [5.41, 5.74) is 11.1. The summed E-state index contributed by atoms with van der Waals surface area (Å²) in [4.78, 5) is 0.0951. The molecule has 196 valence electrons. The van der Waals surface area contributed by atoms with Crippen LogP contribution in [0.3, 0.4) is 0 Å². The number of halogens is 4. The normalized spacial score (nSPS) is 23.0. The van der Waals surface area contributed by atoms with Crippen molar-refractivity contribution < 1.29 is 31.0 Å². The minimum absolute atomic E-state index is 0.0951. The molecule has 10 heteroatoms. The zero-order chi connectivity index (χ0) is 26.2. The molecule has 5 rings (SSSR count). The molecule has 4 unspecified atom stereocenters. The lowest BCUT2D eigenvalue weighted by Gasteiger charge is -2.40. The molecule has 1 aliphatic carbocycles. The van der Waals surface area contributed by atoms with Crippen LogP contribution in [-0.4, -0.2) is 35.4 Å². The average Bonchev–Trinajstić information content (AvgIpc) is 3.03. The minimum atomic E-state index is -4.90. The lowest BCUT2D eigenvalue weighted by Crippen LogP contribution is -2.53. The van der Waals surface area contributed by atoms with E-state index in [0.717, 1.165) is 36.1 Å². The van der Waals surface area contributed by atoms with E-state index in [1.165, 1.54) is 17.2 Å². The predicted octanol–water partition coefficient (Wildman–Crippen LogP) is 5.69. The molecule has 2 N–H and O–H groups in total. The van der Waals surface area contributed by atoms with E-state index in [-0.39, 0.29) is 15.8 Å². The Morgan fingerprint density at radius 1 is 0.973 bits per heavy atom. The van der Waals surface area contributed by atoms with Gasteiger partial charge in [0.2, 0.25) is 0 Å². The Kier molecular flexibility index (Phi) is 7.60. The highest BCUT2D eigenvalue weighted by molar-refractivity contribution is 7.80. The van der Waals surface area contributed by atoms with E-state index in [1.54, 1.807) is 0 Å². The third-order valence-corrected chi connectivity index (χ3v) is 8.13. The number of fused-ring (bicyclic) bond motifs is 2. The van der Waals surface area contributed by atoms with Gasteiger partial charge in [0.1, 0.15) is 11.9 Å². The second-order valence-electron chi connectivity index (χ2n) is 9.10. The van der Waals surface area contributed by atoms with E-state index >= 15 is 0 Å². The second kappa shape index (κ2) is 10.7. The van der Waals surface area contributed by atoms with Crippen LogP contribution >= 0.6 is 11.6 Å². The Balaban J connectivity index is 1.47. The third kappa shape index (κ3) is 5.71. The smallest absolute Gasteiger partial charge is 0.404 e. The highest BCUT2D eigenvalue weighted by Crippen LogP contribution is 2.41. The van der Waals surface area contributed by atoms with E-state index in [9.17, 15) is 17.4 Å². The molecule has 1 fully saturated rings. The first kappa shape index (κ1) is 26.2. The average molecular weight is 552 g/mol. The van der Waals surface area contributed by atoms with Gasteiger partial charge in [-0.3, -0.25) is 4.18 Å². The van der Waals surface area contributed by atoms with Gasteiger partial charge in [0, 0.05) is 18.6 Å². The molecule has 0 amide bonds. The predicted molar refractivity (Wildman–Crippen MR) is 134 cm³/mol. The Morgan fingerprint density at radius 2 is 1.59 bits per heavy atom. The van der Waals surface area contributed by atoms with Crippen molar-refractivity contribution in [2.45, 2.75) is 54.7 Å². The van der Waals surface area contributed by atoms with Gasteiger partial charge in [-0.1, -0.05) is 60.1 Å². The minimum Gasteiger partial charge on any atom is -0.404 e. The zero-order valence-electron chi connectivity index (χ0n) is 19.6. The molecular weight excluding hydrogens is 527 g/mol. The molecule has 1 saturated heterocycles. The number of ether oxygens (including phenoxy) is 2. The molecule has 0 radical (unpaired) electrons. The Labute approximate surface area is 220 Å². The number of alkyl halides is 3. The summed E-state index contributed by atoms with van der Waals surface area (Å²) >= 11 is 3.90. The molecule has 2 aliphatic rings. The van der Waals surface area contributed by atoms with Crippen LogP contribution in [0.1, 0.15) is 34.6 Å². The molecule has 1 aliphatic heterocycles. The van der Waals surface area contributed by atoms with E-state index in [0.29, 0.717) is 13.0 Å². The molecule has 1 heterocycles. The number of hydrogen-bond donors (Lipinski definition) is 1. The third-order valence-electron chi connectivity index (χ3n) is 6.80. The first-order valence-electron chi connectivity index (χ1n) is 11.9. The van der Waals surface area contributed by atoms with Gasteiger partial charge in [-0.2, -0.15) is 0 Å². The summed E-state index contributed by atoms with van der Waals surface area (Å²) in [7, 11) is 0. The first-order chi connectivity index (χ1) is 17.7. The van der Waals surface area contributed by atoms with Crippen LogP contribution in [0.15, 0.2) is 71.6 Å². The quantitative estimate of drug-likeness (QED) is 0.441. The maximum absolute atomic E-state index is 13.3. The molecule has 4 atom stereocenters. The van der Waals surface area contributed by atoms with E-state index < -0.39 is 41.4 Å². The summed E-state index contributed by atoms with van der Waals surface area (Å²) in [6, 6.07) is 19.3. The molecule has 0 aromatic heterocycles. The van der Waals surface area contributed by atoms with Gasteiger partial charge in [-0.25, -0.2) is 4.21 Å². The van der Waals surface area contributed by atoms with E-state index in [2.05, 4.69) is 29.0 Å². The van der Waals surface area contributed by atoms with Crippen molar-refractivity contribution in [3.05, 3.63) is 94.0 Å². The Hall–Kier alpha value is -2.43. The zero-order valence-corrected chi connectivity index (χ0v) is 21.2. The molecule has 0 bridgehead atoms. The maximum atomic E-state index is 13.3. The summed E-state index contributed by atoms with van der Waals surface area (Å²) in [6.07, 6.45) is -3.91. The van der Waals surface area contributed by atoms with Gasteiger partial charge < -0.3 is 15.2 Å². The van der Waals surface area contributed by atoms with Gasteiger partial charge in [-0.05, 0) is 59.7 Å². The number of nitrogens with two attached hydrogens (primary N) is 1. The van der Waals surface area contributed by atoms with Crippen LogP contribution in [0.5, 0.6) is 5.75 Å². The van der Waals surface area contributed by atoms with Crippen molar-refractivity contribution in [1.29, 1.82) is 0 Å². The molecule has 0 spiro atoms. The van der Waals surface area contributed by atoms with Crippen molar-refractivity contribution in [2.75, 3.05) is 6.61 Å². The van der Waals surface area contributed by atoms with Crippen molar-refractivity contribution in [3.8, 4) is 5.75 Å². The number of rotatable bonds is 5. The maximum Gasteiger partial charge on any atom is 0.573 e. The van der Waals surface area contributed by atoms with Gasteiger partial charge in [0.15, 0.2) is 11.1 Å². The van der Waals surface area contributed by atoms with Crippen LogP contribution < -0.4 is 10.5 Å². The van der Waals surface area contributed by atoms with Crippen molar-refractivity contribution in [2.24, 2.45) is 5.73 Å². The van der Waals surface area contributed by atoms with Crippen molar-refractivity contribution in [1.82, 2.24) is 0 Å². The highest BCUT2D eigenvalue weighted by Gasteiger charge is 2.43. The lowest BCUT2D eigenvalue weighted by atomic mass is 9.79. The summed E-state index contributed by atoms with van der Waals surface area (Å²) in [6.45, 7) is 0.425. The van der Waals surface area contributed by atoms with Gasteiger partial charge in [-0.15, -0.1) is 13.2 Å². The van der Waals surface area contributed by atoms with Crippen molar-refractivity contribution in [3.63, 3.8) is 0 Å². The standard InChI is InChI=1S/C27H25ClF3NO4S/c28-21-15-18(11-12-23(21)35-27(29,30)31)37(33)36-25-22(32)13-14-34-26(25)24-19-7-3-1-5-16(19)9-10-17-6-2-4-8-20(17)24/h1-8,11-12,15,22,24-26H,9-10,13-14,32H2. The van der Waals surface area contributed by atoms with Gasteiger partial charge in [0.25, 0.3) is 0 Å². The fraction of sp³-hybridized carbons (Fsp3) is 0.333. The molecule has 3 aromatic carbocycles. The molecule has 0 saturated carbocycles. The fourth-order valence-corrected chi connectivity index (χ4v) is 6.37. The topological polar surface area (TPSA) is 70.8 Å².